The fourth-order valence-electron chi connectivity index (χ4n) is 4.40. The monoisotopic (exact) mass is 462 g/mol. The molecule has 33 heavy (non-hydrogen) atoms. The van der Waals surface area contributed by atoms with Gasteiger partial charge in [0.05, 0.1) is 5.52 Å². The van der Waals surface area contributed by atoms with E-state index in [-0.39, 0.29) is 5.91 Å². The third-order valence-corrected chi connectivity index (χ3v) is 6.60. The second kappa shape index (κ2) is 10.7. The van der Waals surface area contributed by atoms with Crippen LogP contribution in [0.15, 0.2) is 60.7 Å². The molecule has 1 aliphatic carbocycles. The molecule has 1 aliphatic rings. The van der Waals surface area contributed by atoms with E-state index in [1.807, 2.05) is 30.3 Å². The van der Waals surface area contributed by atoms with Crippen LogP contribution in [0.2, 0.25) is 5.02 Å². The number of benzene rings is 2. The fraction of sp³-hybridized carbons (Fsp3) is 0.333. The van der Waals surface area contributed by atoms with Crippen LogP contribution in [-0.2, 0) is 4.79 Å². The van der Waals surface area contributed by atoms with Gasteiger partial charge in [-0.25, -0.2) is 4.98 Å². The van der Waals surface area contributed by atoms with Crippen LogP contribution >= 0.6 is 11.6 Å². The Balaban J connectivity index is 1.27. The Bertz CT molecular complexity index is 1140. The highest BCUT2D eigenvalue weighted by molar-refractivity contribution is 6.32. The summed E-state index contributed by atoms with van der Waals surface area (Å²) in [6.07, 6.45) is 7.63. The molecule has 0 unspecified atom stereocenters. The summed E-state index contributed by atoms with van der Waals surface area (Å²) in [5.74, 6) is 1.35. The van der Waals surface area contributed by atoms with E-state index in [4.69, 9.17) is 16.6 Å². The van der Waals surface area contributed by atoms with E-state index >= 15 is 0 Å². The van der Waals surface area contributed by atoms with E-state index in [0.29, 0.717) is 23.5 Å². The Morgan fingerprint density at radius 3 is 2.58 bits per heavy atom. The number of aromatic nitrogens is 1. The van der Waals surface area contributed by atoms with Crippen LogP contribution in [0, 0.1) is 5.92 Å². The average Bonchev–Trinajstić information content (AvgIpc) is 2.82. The quantitative estimate of drug-likeness (QED) is 0.438. The molecule has 4 rings (SSSR count). The fourth-order valence-corrected chi connectivity index (χ4v) is 4.60. The SMILES string of the molecule is CN(C)c1cc(NC2CCC(CNC(=O)/C=C/c3ccccc3Cl)CC2)nc2ccccc12. The highest BCUT2D eigenvalue weighted by atomic mass is 35.5. The van der Waals surface area contributed by atoms with Gasteiger partial charge in [-0.05, 0) is 55.4 Å². The number of rotatable bonds is 7. The maximum atomic E-state index is 12.2. The van der Waals surface area contributed by atoms with Crippen LogP contribution in [-0.4, -0.2) is 37.6 Å². The molecule has 1 fully saturated rings. The Morgan fingerprint density at radius 2 is 1.82 bits per heavy atom. The summed E-state index contributed by atoms with van der Waals surface area (Å²) in [7, 11) is 4.13. The summed E-state index contributed by atoms with van der Waals surface area (Å²) in [5, 5.41) is 8.50. The van der Waals surface area contributed by atoms with E-state index in [2.05, 4.69) is 53.9 Å². The van der Waals surface area contributed by atoms with Crippen molar-refractivity contribution in [3.8, 4) is 0 Å². The van der Waals surface area contributed by atoms with Gasteiger partial charge in [-0.1, -0.05) is 48.0 Å². The van der Waals surface area contributed by atoms with Gasteiger partial charge < -0.3 is 15.5 Å². The Hall–Kier alpha value is -3.05. The van der Waals surface area contributed by atoms with Crippen LogP contribution in [0.25, 0.3) is 17.0 Å². The lowest BCUT2D eigenvalue weighted by Gasteiger charge is -2.30. The smallest absolute Gasteiger partial charge is 0.244 e. The van der Waals surface area contributed by atoms with Gasteiger partial charge in [-0.2, -0.15) is 0 Å². The summed E-state index contributed by atoms with van der Waals surface area (Å²) in [5.41, 5.74) is 3.03. The van der Waals surface area contributed by atoms with Gasteiger partial charge in [0.15, 0.2) is 0 Å². The molecule has 2 N–H and O–H groups in total. The number of nitrogens with one attached hydrogen (secondary N) is 2. The Morgan fingerprint density at radius 1 is 1.09 bits per heavy atom. The third-order valence-electron chi connectivity index (χ3n) is 6.26. The second-order valence-corrected chi connectivity index (χ2v) is 9.31. The zero-order valence-electron chi connectivity index (χ0n) is 19.2. The molecule has 1 heterocycles. The minimum Gasteiger partial charge on any atom is -0.377 e. The number of hydrogen-bond donors (Lipinski definition) is 2. The first-order valence-corrected chi connectivity index (χ1v) is 11.9. The zero-order chi connectivity index (χ0) is 23.2. The summed E-state index contributed by atoms with van der Waals surface area (Å²) in [6, 6.07) is 18.3. The molecule has 5 nitrogen and oxygen atoms in total. The Labute approximate surface area is 200 Å². The number of hydrogen-bond acceptors (Lipinski definition) is 4. The van der Waals surface area contributed by atoms with Gasteiger partial charge in [-0.15, -0.1) is 0 Å². The highest BCUT2D eigenvalue weighted by Gasteiger charge is 2.22. The van der Waals surface area contributed by atoms with Gasteiger partial charge in [-0.3, -0.25) is 4.79 Å². The van der Waals surface area contributed by atoms with Gasteiger partial charge in [0.25, 0.3) is 0 Å². The lowest BCUT2D eigenvalue weighted by Crippen LogP contribution is -2.33. The standard InChI is InChI=1S/C27H31ClN4O/c1-32(2)25-17-26(31-24-10-6-4-8-22(24)25)30-21-14-11-19(12-15-21)18-29-27(33)16-13-20-7-3-5-9-23(20)28/h3-10,13,16-17,19,21H,11-12,14-15,18H2,1-2H3,(H,29,33)(H,30,31)/b16-13+. The number of pyridine rings is 1. The van der Waals surface area contributed by atoms with E-state index in [1.54, 1.807) is 12.2 Å². The van der Waals surface area contributed by atoms with Crippen molar-refractivity contribution in [1.29, 1.82) is 0 Å². The summed E-state index contributed by atoms with van der Waals surface area (Å²) >= 11 is 6.14. The van der Waals surface area contributed by atoms with E-state index in [9.17, 15) is 4.79 Å². The number of fused-ring (bicyclic) bond motifs is 1. The van der Waals surface area contributed by atoms with Crippen LogP contribution < -0.4 is 15.5 Å². The van der Waals surface area contributed by atoms with Crippen molar-refractivity contribution in [2.45, 2.75) is 31.7 Å². The highest BCUT2D eigenvalue weighted by Crippen LogP contribution is 2.30. The zero-order valence-corrected chi connectivity index (χ0v) is 20.0. The van der Waals surface area contributed by atoms with Crippen molar-refractivity contribution in [2.75, 3.05) is 30.9 Å². The molecule has 0 spiro atoms. The molecule has 0 bridgehead atoms. The van der Waals surface area contributed by atoms with Gasteiger partial charge in [0, 0.05) is 54.9 Å². The molecule has 172 valence electrons. The summed E-state index contributed by atoms with van der Waals surface area (Å²) in [4.78, 5) is 19.2. The molecule has 0 radical (unpaired) electrons. The van der Waals surface area contributed by atoms with Crippen molar-refractivity contribution in [3.63, 3.8) is 0 Å². The minimum atomic E-state index is -0.0771. The number of amides is 1. The minimum absolute atomic E-state index is 0.0771. The Kier molecular flexibility index (Phi) is 7.50. The average molecular weight is 463 g/mol. The van der Waals surface area contributed by atoms with Crippen LogP contribution in [0.1, 0.15) is 31.2 Å². The van der Waals surface area contributed by atoms with E-state index < -0.39 is 0 Å². The number of halogens is 1. The molecule has 3 aromatic rings. The maximum absolute atomic E-state index is 12.2. The van der Waals surface area contributed by atoms with Crippen LogP contribution in [0.3, 0.4) is 0 Å². The maximum Gasteiger partial charge on any atom is 0.244 e. The van der Waals surface area contributed by atoms with Crippen molar-refractivity contribution < 1.29 is 4.79 Å². The first kappa shape index (κ1) is 23.1. The molecule has 1 amide bonds. The molecule has 0 atom stereocenters. The molecular weight excluding hydrogens is 432 g/mol. The first-order valence-electron chi connectivity index (χ1n) is 11.5. The van der Waals surface area contributed by atoms with Crippen molar-refractivity contribution in [3.05, 3.63) is 71.3 Å². The first-order chi connectivity index (χ1) is 16.0. The number of carbonyl (C=O) groups is 1. The van der Waals surface area contributed by atoms with Gasteiger partial charge in [0.1, 0.15) is 5.82 Å². The topological polar surface area (TPSA) is 57.3 Å². The van der Waals surface area contributed by atoms with Gasteiger partial charge in [0.2, 0.25) is 5.91 Å². The number of para-hydroxylation sites is 1. The lowest BCUT2D eigenvalue weighted by molar-refractivity contribution is -0.116. The predicted molar refractivity (Wildman–Crippen MR) is 139 cm³/mol. The lowest BCUT2D eigenvalue weighted by atomic mass is 9.86. The third kappa shape index (κ3) is 6.05. The number of nitrogens with zero attached hydrogens (tertiary/aromatic N) is 2. The number of anilines is 2. The van der Waals surface area contributed by atoms with E-state index in [0.717, 1.165) is 48.0 Å². The second-order valence-electron chi connectivity index (χ2n) is 8.90. The molecule has 2 aromatic carbocycles. The van der Waals surface area contributed by atoms with Crippen molar-refractivity contribution in [1.82, 2.24) is 10.3 Å². The summed E-state index contributed by atoms with van der Waals surface area (Å²) in [6.45, 7) is 0.706. The van der Waals surface area contributed by atoms with Crippen molar-refractivity contribution in [2.24, 2.45) is 5.92 Å². The van der Waals surface area contributed by atoms with Crippen LogP contribution in [0.4, 0.5) is 11.5 Å². The van der Waals surface area contributed by atoms with E-state index in [1.165, 1.54) is 5.69 Å². The molecule has 0 aliphatic heterocycles. The van der Waals surface area contributed by atoms with Gasteiger partial charge >= 0.3 is 0 Å². The molecule has 0 saturated heterocycles. The van der Waals surface area contributed by atoms with Crippen molar-refractivity contribution >= 4 is 46.0 Å². The molecule has 1 aromatic heterocycles. The summed E-state index contributed by atoms with van der Waals surface area (Å²) < 4.78 is 0. The molecular formula is C27H31ClN4O. The molecule has 6 heteroatoms. The predicted octanol–water partition coefficient (Wildman–Crippen LogP) is 5.75. The largest absolute Gasteiger partial charge is 0.377 e. The molecule has 1 saturated carbocycles. The normalized spacial score (nSPS) is 18.4. The van der Waals surface area contributed by atoms with Crippen LogP contribution in [0.5, 0.6) is 0 Å². The number of carbonyl (C=O) groups excluding carboxylic acids is 1.